The van der Waals surface area contributed by atoms with E-state index in [1.54, 1.807) is 7.11 Å². The van der Waals surface area contributed by atoms with E-state index in [4.69, 9.17) is 14.2 Å². The zero-order valence-electron chi connectivity index (χ0n) is 23.6. The van der Waals surface area contributed by atoms with E-state index in [2.05, 4.69) is 30.6 Å². The molecule has 0 bridgehead atoms. The first-order chi connectivity index (χ1) is 19.3. The summed E-state index contributed by atoms with van der Waals surface area (Å²) in [5.41, 5.74) is -2.20. The molecule has 3 rings (SSSR count). The zero-order valence-corrected chi connectivity index (χ0v) is 23.6. The van der Waals surface area contributed by atoms with Crippen LogP contribution in [0.25, 0.3) is 0 Å². The summed E-state index contributed by atoms with van der Waals surface area (Å²) in [5.74, 6) is 6.40. The molecule has 0 spiro atoms. The monoisotopic (exact) mass is 586 g/mol. The molecule has 0 N–H and O–H groups in total. The number of rotatable bonds is 10. The van der Waals surface area contributed by atoms with Crippen LogP contribution in [0.2, 0.25) is 0 Å². The molecule has 1 saturated heterocycles. The van der Waals surface area contributed by atoms with Crippen LogP contribution in [0, 0.1) is 11.8 Å². The van der Waals surface area contributed by atoms with Crippen LogP contribution in [-0.2, 0) is 26.6 Å². The van der Waals surface area contributed by atoms with Gasteiger partial charge in [0.05, 0.1) is 49.6 Å². The lowest BCUT2D eigenvalue weighted by Crippen LogP contribution is -2.46. The minimum Gasteiger partial charge on any atom is -0.383 e. The minimum absolute atomic E-state index is 0.107. The summed E-state index contributed by atoms with van der Waals surface area (Å²) in [7, 11) is 1.65. The molecule has 2 unspecified atom stereocenters. The lowest BCUT2D eigenvalue weighted by molar-refractivity contribution is -0.228. The first kappa shape index (κ1) is 32.9. The SMILES string of the molecule is COCCN(CC#CCN1CCOC(O[C@H](C)c2cc(C(F)(F)F)cc(C(F)(F)F)c2)C1c1ccccc1)C(C)C. The van der Waals surface area contributed by atoms with Gasteiger partial charge >= 0.3 is 12.4 Å². The standard InChI is InChI=1S/C30H36F6N2O3/c1-21(2)37(14-16-39-4)12-8-9-13-38-15-17-40-28(27(38)23-10-6-5-7-11-23)41-22(3)24-18-25(29(31,32)33)20-26(19-24)30(34,35)36/h5-7,10-11,18-22,27-28H,12-17H2,1-4H3/t22-,27?,28?/m1/s1. The van der Waals surface area contributed by atoms with Crippen molar-refractivity contribution in [2.45, 2.75) is 57.6 Å². The van der Waals surface area contributed by atoms with Crippen LogP contribution in [0.15, 0.2) is 48.5 Å². The third-order valence-corrected chi connectivity index (χ3v) is 6.87. The van der Waals surface area contributed by atoms with Crippen LogP contribution in [0.5, 0.6) is 0 Å². The number of methoxy groups -OCH3 is 1. The maximum absolute atomic E-state index is 13.4. The molecule has 41 heavy (non-hydrogen) atoms. The first-order valence-corrected chi connectivity index (χ1v) is 13.4. The summed E-state index contributed by atoms with van der Waals surface area (Å²) in [6.07, 6.45) is -12.0. The lowest BCUT2D eigenvalue weighted by Gasteiger charge is -2.41. The molecule has 2 aromatic rings. The molecule has 3 atom stereocenters. The maximum Gasteiger partial charge on any atom is 0.416 e. The predicted octanol–water partition coefficient (Wildman–Crippen LogP) is 6.56. The van der Waals surface area contributed by atoms with Gasteiger partial charge in [-0.25, -0.2) is 0 Å². The number of hydrogen-bond acceptors (Lipinski definition) is 5. The average Bonchev–Trinajstić information content (AvgIpc) is 2.91. The highest BCUT2D eigenvalue weighted by Crippen LogP contribution is 2.39. The van der Waals surface area contributed by atoms with Gasteiger partial charge < -0.3 is 14.2 Å². The highest BCUT2D eigenvalue weighted by atomic mass is 19.4. The Balaban J connectivity index is 1.84. The van der Waals surface area contributed by atoms with Crippen molar-refractivity contribution in [1.82, 2.24) is 9.80 Å². The second kappa shape index (κ2) is 14.5. The number of nitrogens with zero attached hydrogens (tertiary/aromatic N) is 2. The van der Waals surface area contributed by atoms with Crippen LogP contribution < -0.4 is 0 Å². The molecule has 0 amide bonds. The molecular weight excluding hydrogens is 550 g/mol. The minimum atomic E-state index is -4.95. The second-order valence-corrected chi connectivity index (χ2v) is 10.1. The molecule has 0 radical (unpaired) electrons. The van der Waals surface area contributed by atoms with Crippen LogP contribution in [0.4, 0.5) is 26.3 Å². The largest absolute Gasteiger partial charge is 0.416 e. The van der Waals surface area contributed by atoms with Gasteiger partial charge in [0.25, 0.3) is 0 Å². The Morgan fingerprint density at radius 1 is 0.976 bits per heavy atom. The second-order valence-electron chi connectivity index (χ2n) is 10.1. The van der Waals surface area contributed by atoms with E-state index < -0.39 is 41.9 Å². The summed E-state index contributed by atoms with van der Waals surface area (Å²) >= 11 is 0. The van der Waals surface area contributed by atoms with Gasteiger partial charge in [-0.05, 0) is 50.1 Å². The van der Waals surface area contributed by atoms with Gasteiger partial charge in [-0.15, -0.1) is 0 Å². The summed E-state index contributed by atoms with van der Waals surface area (Å²) in [6, 6.07) is 10.6. The van der Waals surface area contributed by atoms with Gasteiger partial charge in [-0.3, -0.25) is 9.80 Å². The quantitative estimate of drug-likeness (QED) is 0.233. The number of morpholine rings is 1. The molecule has 1 fully saturated rings. The smallest absolute Gasteiger partial charge is 0.383 e. The van der Waals surface area contributed by atoms with Crippen molar-refractivity contribution in [3.8, 4) is 11.8 Å². The third kappa shape index (κ3) is 9.45. The van der Waals surface area contributed by atoms with E-state index in [9.17, 15) is 26.3 Å². The normalized spacial score (nSPS) is 19.3. The summed E-state index contributed by atoms with van der Waals surface area (Å²) in [6.45, 7) is 8.60. The predicted molar refractivity (Wildman–Crippen MR) is 143 cm³/mol. The molecular formula is C30H36F6N2O3. The Labute approximate surface area is 237 Å². The van der Waals surface area contributed by atoms with Gasteiger partial charge in [0.2, 0.25) is 0 Å². The number of ether oxygens (including phenoxy) is 3. The van der Waals surface area contributed by atoms with Crippen LogP contribution in [0.1, 0.15) is 55.2 Å². The fourth-order valence-corrected chi connectivity index (χ4v) is 4.53. The van der Waals surface area contributed by atoms with Gasteiger partial charge in [0.15, 0.2) is 6.29 Å². The highest BCUT2D eigenvalue weighted by Gasteiger charge is 2.39. The molecule has 2 aromatic carbocycles. The van der Waals surface area contributed by atoms with E-state index in [-0.39, 0.29) is 24.3 Å². The van der Waals surface area contributed by atoms with E-state index >= 15 is 0 Å². The Bertz CT molecular complexity index is 1130. The topological polar surface area (TPSA) is 34.2 Å². The molecule has 1 aliphatic rings. The molecule has 0 aromatic heterocycles. The summed E-state index contributed by atoms with van der Waals surface area (Å²) in [5, 5.41) is 0. The Morgan fingerprint density at radius 2 is 1.61 bits per heavy atom. The number of hydrogen-bond donors (Lipinski definition) is 0. The van der Waals surface area contributed by atoms with Crippen molar-refractivity contribution in [3.05, 3.63) is 70.8 Å². The molecule has 11 heteroatoms. The molecule has 1 heterocycles. The van der Waals surface area contributed by atoms with Crippen LogP contribution in [0.3, 0.4) is 0 Å². The van der Waals surface area contributed by atoms with E-state index in [1.165, 1.54) is 6.92 Å². The van der Waals surface area contributed by atoms with E-state index in [1.807, 2.05) is 35.2 Å². The van der Waals surface area contributed by atoms with E-state index in [0.29, 0.717) is 38.4 Å². The molecule has 1 aliphatic heterocycles. The van der Waals surface area contributed by atoms with Crippen molar-refractivity contribution in [1.29, 1.82) is 0 Å². The third-order valence-electron chi connectivity index (χ3n) is 6.87. The number of halogens is 6. The Morgan fingerprint density at radius 3 is 2.17 bits per heavy atom. The first-order valence-electron chi connectivity index (χ1n) is 13.4. The van der Waals surface area contributed by atoms with Crippen molar-refractivity contribution in [2.75, 3.05) is 46.5 Å². The Hall–Kier alpha value is -2.62. The Kier molecular flexibility index (Phi) is 11.6. The molecule has 0 saturated carbocycles. The molecule has 226 valence electrons. The lowest BCUT2D eigenvalue weighted by atomic mass is 10.0. The fraction of sp³-hybridized carbons (Fsp3) is 0.533. The van der Waals surface area contributed by atoms with Crippen molar-refractivity contribution in [3.63, 3.8) is 0 Å². The highest BCUT2D eigenvalue weighted by molar-refractivity contribution is 5.34. The van der Waals surface area contributed by atoms with Crippen LogP contribution in [-0.4, -0.2) is 68.6 Å². The average molecular weight is 587 g/mol. The molecule has 5 nitrogen and oxygen atoms in total. The van der Waals surface area contributed by atoms with Crippen molar-refractivity contribution < 1.29 is 40.6 Å². The van der Waals surface area contributed by atoms with Crippen molar-refractivity contribution >= 4 is 0 Å². The summed E-state index contributed by atoms with van der Waals surface area (Å²) < 4.78 is 97.7. The van der Waals surface area contributed by atoms with Crippen molar-refractivity contribution in [2.24, 2.45) is 0 Å². The number of benzene rings is 2. The fourth-order valence-electron chi connectivity index (χ4n) is 4.53. The number of alkyl halides is 6. The van der Waals surface area contributed by atoms with Gasteiger partial charge in [-0.1, -0.05) is 42.2 Å². The van der Waals surface area contributed by atoms with E-state index in [0.717, 1.165) is 12.1 Å². The van der Waals surface area contributed by atoms with Gasteiger partial charge in [0.1, 0.15) is 0 Å². The maximum atomic E-state index is 13.4. The summed E-state index contributed by atoms with van der Waals surface area (Å²) in [4.78, 5) is 4.23. The van der Waals surface area contributed by atoms with Gasteiger partial charge in [-0.2, -0.15) is 26.3 Å². The molecule has 0 aliphatic carbocycles. The van der Waals surface area contributed by atoms with Crippen LogP contribution >= 0.6 is 0 Å². The zero-order chi connectivity index (χ0) is 30.2. The van der Waals surface area contributed by atoms with Gasteiger partial charge in [0, 0.05) is 26.2 Å².